The Hall–Kier alpha value is -0.340. The van der Waals surface area contributed by atoms with Gasteiger partial charge in [-0.15, -0.1) is 11.3 Å². The highest BCUT2D eigenvalue weighted by Gasteiger charge is 2.36. The van der Waals surface area contributed by atoms with Crippen LogP contribution in [0.2, 0.25) is 0 Å². The van der Waals surface area contributed by atoms with Gasteiger partial charge in [0.2, 0.25) is 0 Å². The van der Waals surface area contributed by atoms with E-state index in [-0.39, 0.29) is 0 Å². The third-order valence-electron chi connectivity index (χ3n) is 2.94. The van der Waals surface area contributed by atoms with Crippen LogP contribution in [-0.4, -0.2) is 6.04 Å². The first-order valence-corrected chi connectivity index (χ1v) is 6.11. The summed E-state index contributed by atoms with van der Waals surface area (Å²) < 4.78 is 0. The zero-order chi connectivity index (χ0) is 8.67. The molecule has 1 aromatic rings. The third kappa shape index (κ3) is 1.79. The topological polar surface area (TPSA) is 12.0 Å². The standard InChI is InChI=1S/C11H15NS/c1-2-10(13-7-1)11(8-3-4-8)12-9-5-6-9/h1-2,7-9,11-12H,3-6H2. The lowest BCUT2D eigenvalue weighted by Gasteiger charge is -2.15. The lowest BCUT2D eigenvalue weighted by Crippen LogP contribution is -2.24. The molecule has 0 bridgehead atoms. The minimum absolute atomic E-state index is 0.688. The van der Waals surface area contributed by atoms with Gasteiger partial charge in [0.25, 0.3) is 0 Å². The maximum atomic E-state index is 3.77. The fraction of sp³-hybridized carbons (Fsp3) is 0.636. The molecule has 1 heterocycles. The van der Waals surface area contributed by atoms with Gasteiger partial charge in [-0.2, -0.15) is 0 Å². The van der Waals surface area contributed by atoms with Crippen LogP contribution in [0, 0.1) is 5.92 Å². The fourth-order valence-electron chi connectivity index (χ4n) is 1.85. The van der Waals surface area contributed by atoms with E-state index < -0.39 is 0 Å². The van der Waals surface area contributed by atoms with Gasteiger partial charge in [-0.1, -0.05) is 6.07 Å². The minimum atomic E-state index is 0.688. The Morgan fingerprint density at radius 2 is 2.15 bits per heavy atom. The first-order chi connectivity index (χ1) is 6.43. The summed E-state index contributed by atoms with van der Waals surface area (Å²) in [6.45, 7) is 0. The van der Waals surface area contributed by atoms with E-state index in [9.17, 15) is 0 Å². The van der Waals surface area contributed by atoms with Crippen LogP contribution in [-0.2, 0) is 0 Å². The Morgan fingerprint density at radius 1 is 1.31 bits per heavy atom. The Kier molecular flexibility index (Phi) is 1.91. The molecule has 1 nitrogen and oxygen atoms in total. The smallest absolute Gasteiger partial charge is 0.0445 e. The van der Waals surface area contributed by atoms with Crippen molar-refractivity contribution in [3.8, 4) is 0 Å². The summed E-state index contributed by atoms with van der Waals surface area (Å²) in [6.07, 6.45) is 5.66. The molecule has 3 rings (SSSR count). The molecule has 0 saturated heterocycles. The second-order valence-electron chi connectivity index (χ2n) is 4.27. The summed E-state index contributed by atoms with van der Waals surface area (Å²) in [6, 6.07) is 5.98. The van der Waals surface area contributed by atoms with Crippen molar-refractivity contribution in [1.82, 2.24) is 5.32 Å². The molecule has 0 radical (unpaired) electrons. The van der Waals surface area contributed by atoms with E-state index >= 15 is 0 Å². The molecule has 2 aliphatic carbocycles. The second-order valence-corrected chi connectivity index (χ2v) is 5.25. The van der Waals surface area contributed by atoms with Gasteiger partial charge >= 0.3 is 0 Å². The van der Waals surface area contributed by atoms with Crippen molar-refractivity contribution in [2.75, 3.05) is 0 Å². The molecule has 2 heteroatoms. The molecule has 0 aliphatic heterocycles. The van der Waals surface area contributed by atoms with Gasteiger partial charge in [-0.25, -0.2) is 0 Å². The van der Waals surface area contributed by atoms with Crippen LogP contribution in [0.15, 0.2) is 17.5 Å². The molecule has 13 heavy (non-hydrogen) atoms. The van der Waals surface area contributed by atoms with Crippen LogP contribution >= 0.6 is 11.3 Å². The number of hydrogen-bond donors (Lipinski definition) is 1. The third-order valence-corrected chi connectivity index (χ3v) is 3.89. The fourth-order valence-corrected chi connectivity index (χ4v) is 2.73. The van der Waals surface area contributed by atoms with Gasteiger partial charge in [0.1, 0.15) is 0 Å². The summed E-state index contributed by atoms with van der Waals surface area (Å²) in [5.41, 5.74) is 0. The Bertz CT molecular complexity index is 272. The normalized spacial score (nSPS) is 24.6. The van der Waals surface area contributed by atoms with E-state index in [1.807, 2.05) is 11.3 Å². The van der Waals surface area contributed by atoms with Gasteiger partial charge in [0.05, 0.1) is 0 Å². The highest BCUT2D eigenvalue weighted by atomic mass is 32.1. The van der Waals surface area contributed by atoms with Crippen molar-refractivity contribution in [2.45, 2.75) is 37.8 Å². The zero-order valence-electron chi connectivity index (χ0n) is 7.70. The largest absolute Gasteiger partial charge is 0.306 e. The zero-order valence-corrected chi connectivity index (χ0v) is 8.52. The average Bonchev–Trinajstić information content (AvgIpc) is 3.03. The van der Waals surface area contributed by atoms with Crippen LogP contribution in [0.25, 0.3) is 0 Å². The van der Waals surface area contributed by atoms with Crippen molar-refractivity contribution in [2.24, 2.45) is 5.92 Å². The summed E-state index contributed by atoms with van der Waals surface area (Å²) in [5, 5.41) is 5.96. The molecule has 1 N–H and O–H groups in total. The van der Waals surface area contributed by atoms with Gasteiger partial charge < -0.3 is 5.32 Å². The van der Waals surface area contributed by atoms with Gasteiger partial charge in [0.15, 0.2) is 0 Å². The molecule has 70 valence electrons. The number of thiophene rings is 1. The van der Waals surface area contributed by atoms with Gasteiger partial charge in [-0.3, -0.25) is 0 Å². The number of rotatable bonds is 4. The first kappa shape index (κ1) is 8.01. The van der Waals surface area contributed by atoms with Crippen LogP contribution in [0.1, 0.15) is 36.6 Å². The Balaban J connectivity index is 1.73. The molecule has 0 aromatic carbocycles. The van der Waals surface area contributed by atoms with Gasteiger partial charge in [0, 0.05) is 17.0 Å². The first-order valence-electron chi connectivity index (χ1n) is 5.23. The van der Waals surface area contributed by atoms with E-state index in [2.05, 4.69) is 22.8 Å². The van der Waals surface area contributed by atoms with Crippen LogP contribution in [0.5, 0.6) is 0 Å². The SMILES string of the molecule is c1csc(C(NC2CC2)C2CC2)c1. The summed E-state index contributed by atoms with van der Waals surface area (Å²) in [7, 11) is 0. The number of hydrogen-bond acceptors (Lipinski definition) is 2. The molecule has 2 saturated carbocycles. The Morgan fingerprint density at radius 3 is 2.69 bits per heavy atom. The Labute approximate surface area is 83.2 Å². The minimum Gasteiger partial charge on any atom is -0.306 e. The van der Waals surface area contributed by atoms with Crippen molar-refractivity contribution < 1.29 is 0 Å². The lowest BCUT2D eigenvalue weighted by atomic mass is 10.1. The highest BCUT2D eigenvalue weighted by Crippen LogP contribution is 2.43. The van der Waals surface area contributed by atoms with Crippen molar-refractivity contribution in [1.29, 1.82) is 0 Å². The van der Waals surface area contributed by atoms with E-state index in [4.69, 9.17) is 0 Å². The van der Waals surface area contributed by atoms with Crippen molar-refractivity contribution >= 4 is 11.3 Å². The molecule has 2 fully saturated rings. The highest BCUT2D eigenvalue weighted by molar-refractivity contribution is 7.10. The van der Waals surface area contributed by atoms with Crippen LogP contribution in [0.4, 0.5) is 0 Å². The van der Waals surface area contributed by atoms with E-state index in [0.29, 0.717) is 6.04 Å². The molecular weight excluding hydrogens is 178 g/mol. The van der Waals surface area contributed by atoms with E-state index in [1.54, 1.807) is 4.88 Å². The quantitative estimate of drug-likeness (QED) is 0.775. The molecule has 0 spiro atoms. The summed E-state index contributed by atoms with van der Waals surface area (Å²) >= 11 is 1.91. The average molecular weight is 193 g/mol. The molecule has 1 unspecified atom stereocenters. The maximum absolute atomic E-state index is 3.77. The van der Waals surface area contributed by atoms with Gasteiger partial charge in [-0.05, 0) is 43.0 Å². The van der Waals surface area contributed by atoms with Crippen LogP contribution in [0.3, 0.4) is 0 Å². The predicted octanol–water partition coefficient (Wildman–Crippen LogP) is 2.95. The summed E-state index contributed by atoms with van der Waals surface area (Å²) in [5.74, 6) is 0.944. The van der Waals surface area contributed by atoms with Crippen molar-refractivity contribution in [3.63, 3.8) is 0 Å². The summed E-state index contributed by atoms with van der Waals surface area (Å²) in [4.78, 5) is 1.55. The second kappa shape index (κ2) is 3.10. The molecule has 0 amide bonds. The number of nitrogens with one attached hydrogen (secondary N) is 1. The molecule has 2 aliphatic rings. The monoisotopic (exact) mass is 193 g/mol. The van der Waals surface area contributed by atoms with Crippen LogP contribution < -0.4 is 5.32 Å². The molecular formula is C11H15NS. The van der Waals surface area contributed by atoms with E-state index in [1.165, 1.54) is 25.7 Å². The lowest BCUT2D eigenvalue weighted by molar-refractivity contribution is 0.485. The maximum Gasteiger partial charge on any atom is 0.0445 e. The molecule has 1 aromatic heterocycles. The van der Waals surface area contributed by atoms with E-state index in [0.717, 1.165) is 12.0 Å². The molecule has 1 atom stereocenters. The predicted molar refractivity (Wildman–Crippen MR) is 55.9 cm³/mol. The van der Waals surface area contributed by atoms with Crippen molar-refractivity contribution in [3.05, 3.63) is 22.4 Å².